The van der Waals surface area contributed by atoms with Crippen molar-refractivity contribution in [3.8, 4) is 11.5 Å². The predicted molar refractivity (Wildman–Crippen MR) is 51.9 cm³/mol. The Morgan fingerprint density at radius 3 is 3.14 bits per heavy atom. The van der Waals surface area contributed by atoms with Crippen LogP contribution in [0.3, 0.4) is 0 Å². The third-order valence-corrected chi connectivity index (χ3v) is 2.03. The number of benzene rings is 1. The van der Waals surface area contributed by atoms with Gasteiger partial charge in [-0.1, -0.05) is 6.07 Å². The van der Waals surface area contributed by atoms with Crippen molar-refractivity contribution in [2.24, 2.45) is 0 Å². The van der Waals surface area contributed by atoms with Gasteiger partial charge in [0.2, 0.25) is 12.7 Å². The van der Waals surface area contributed by atoms with E-state index < -0.39 is 0 Å². The summed E-state index contributed by atoms with van der Waals surface area (Å²) in [6, 6.07) is 5.29. The Morgan fingerprint density at radius 1 is 1.50 bits per heavy atom. The third-order valence-electron chi connectivity index (χ3n) is 1.79. The lowest BCUT2D eigenvalue weighted by Gasteiger charge is -2.05. The molecule has 1 aromatic carbocycles. The lowest BCUT2D eigenvalue weighted by Crippen LogP contribution is -2.12. The number of fused-ring (bicyclic) bond motifs is 1. The average molecular weight is 214 g/mol. The van der Waals surface area contributed by atoms with Gasteiger partial charge in [-0.2, -0.15) is 0 Å². The molecule has 0 bridgehead atoms. The summed E-state index contributed by atoms with van der Waals surface area (Å²) in [5, 5.41) is 2.62. The van der Waals surface area contributed by atoms with Crippen molar-refractivity contribution in [2.75, 3.05) is 18.0 Å². The molecule has 74 valence electrons. The first-order chi connectivity index (χ1) is 6.81. The van der Waals surface area contributed by atoms with E-state index in [0.29, 0.717) is 17.2 Å². The predicted octanol–water partition coefficient (Wildman–Crippen LogP) is 1.59. The van der Waals surface area contributed by atoms with Crippen molar-refractivity contribution < 1.29 is 14.3 Å². The number of nitrogens with one attached hydrogen (secondary N) is 1. The van der Waals surface area contributed by atoms with Crippen LogP contribution in [-0.2, 0) is 4.79 Å². The summed E-state index contributed by atoms with van der Waals surface area (Å²) < 4.78 is 10.3. The number of para-hydroxylation sites is 1. The fraction of sp³-hybridized carbons (Fsp3) is 0.222. The Labute approximate surface area is 85.8 Å². The lowest BCUT2D eigenvalue weighted by molar-refractivity contribution is -0.113. The smallest absolute Gasteiger partial charge is 0.239 e. The molecule has 0 spiro atoms. The van der Waals surface area contributed by atoms with E-state index in [2.05, 4.69) is 5.32 Å². The summed E-state index contributed by atoms with van der Waals surface area (Å²) in [6.45, 7) is 0.184. The molecule has 0 atom stereocenters. The van der Waals surface area contributed by atoms with Crippen LogP contribution in [0.1, 0.15) is 0 Å². The van der Waals surface area contributed by atoms with Crippen molar-refractivity contribution in [1.82, 2.24) is 0 Å². The van der Waals surface area contributed by atoms with E-state index in [9.17, 15) is 4.79 Å². The maximum absolute atomic E-state index is 11.0. The number of ether oxygens (including phenoxy) is 2. The van der Waals surface area contributed by atoms with Gasteiger partial charge in [0.1, 0.15) is 5.88 Å². The molecule has 14 heavy (non-hydrogen) atoms. The van der Waals surface area contributed by atoms with Gasteiger partial charge < -0.3 is 14.8 Å². The van der Waals surface area contributed by atoms with E-state index in [1.807, 2.05) is 0 Å². The molecule has 1 aliphatic heterocycles. The minimum atomic E-state index is -0.268. The van der Waals surface area contributed by atoms with Crippen LogP contribution >= 0.6 is 11.6 Å². The summed E-state index contributed by atoms with van der Waals surface area (Å²) >= 11 is 5.37. The molecule has 1 aromatic rings. The fourth-order valence-corrected chi connectivity index (χ4v) is 1.28. The Kier molecular flexibility index (Phi) is 2.45. The van der Waals surface area contributed by atoms with Crippen molar-refractivity contribution in [3.63, 3.8) is 0 Å². The molecule has 1 amide bonds. The molecule has 1 heterocycles. The summed E-state index contributed by atoms with van der Waals surface area (Å²) in [5.74, 6) is 0.851. The van der Waals surface area contributed by atoms with E-state index in [-0.39, 0.29) is 18.6 Å². The van der Waals surface area contributed by atoms with Gasteiger partial charge in [-0.3, -0.25) is 4.79 Å². The molecule has 0 unspecified atom stereocenters. The molecule has 2 rings (SSSR count). The fourth-order valence-electron chi connectivity index (χ4n) is 1.21. The Morgan fingerprint density at radius 2 is 2.36 bits per heavy atom. The van der Waals surface area contributed by atoms with Crippen LogP contribution in [0.5, 0.6) is 11.5 Å². The molecular weight excluding hydrogens is 206 g/mol. The summed E-state index contributed by atoms with van der Waals surface area (Å²) in [4.78, 5) is 11.0. The van der Waals surface area contributed by atoms with Gasteiger partial charge in [-0.05, 0) is 12.1 Å². The van der Waals surface area contributed by atoms with Gasteiger partial charge in [0.05, 0.1) is 5.69 Å². The molecule has 1 N–H and O–H groups in total. The number of alkyl halides is 1. The maximum atomic E-state index is 11.0. The van der Waals surface area contributed by atoms with Crippen molar-refractivity contribution >= 4 is 23.2 Å². The minimum Gasteiger partial charge on any atom is -0.454 e. The zero-order valence-corrected chi connectivity index (χ0v) is 8.00. The second-order valence-corrected chi connectivity index (χ2v) is 2.99. The number of anilines is 1. The molecule has 0 fully saturated rings. The third kappa shape index (κ3) is 1.61. The highest BCUT2D eigenvalue weighted by molar-refractivity contribution is 6.29. The summed E-state index contributed by atoms with van der Waals surface area (Å²) in [6.07, 6.45) is 0. The van der Waals surface area contributed by atoms with Crippen molar-refractivity contribution in [2.45, 2.75) is 0 Å². The number of hydrogen-bond acceptors (Lipinski definition) is 3. The van der Waals surface area contributed by atoms with E-state index in [1.54, 1.807) is 18.2 Å². The van der Waals surface area contributed by atoms with Gasteiger partial charge >= 0.3 is 0 Å². The highest BCUT2D eigenvalue weighted by atomic mass is 35.5. The Hall–Kier alpha value is -1.42. The first kappa shape index (κ1) is 9.15. The van der Waals surface area contributed by atoms with Gasteiger partial charge in [0, 0.05) is 0 Å². The number of carbonyl (C=O) groups excluding carboxylic acids is 1. The second kappa shape index (κ2) is 3.75. The van der Waals surface area contributed by atoms with Gasteiger partial charge in [-0.25, -0.2) is 0 Å². The van der Waals surface area contributed by atoms with Crippen LogP contribution in [0, 0.1) is 0 Å². The first-order valence-electron chi connectivity index (χ1n) is 4.05. The van der Waals surface area contributed by atoms with E-state index in [4.69, 9.17) is 21.1 Å². The number of amides is 1. The monoisotopic (exact) mass is 213 g/mol. The molecule has 5 heteroatoms. The van der Waals surface area contributed by atoms with Gasteiger partial charge in [0.15, 0.2) is 11.5 Å². The van der Waals surface area contributed by atoms with E-state index in [1.165, 1.54) is 0 Å². The molecule has 0 saturated heterocycles. The van der Waals surface area contributed by atoms with E-state index >= 15 is 0 Å². The first-order valence-corrected chi connectivity index (χ1v) is 4.59. The number of carbonyl (C=O) groups is 1. The molecule has 0 aromatic heterocycles. The zero-order chi connectivity index (χ0) is 9.97. The number of halogens is 1. The zero-order valence-electron chi connectivity index (χ0n) is 7.25. The largest absolute Gasteiger partial charge is 0.454 e. The summed E-state index contributed by atoms with van der Waals surface area (Å²) in [5.41, 5.74) is 0.589. The maximum Gasteiger partial charge on any atom is 0.239 e. The van der Waals surface area contributed by atoms with Gasteiger partial charge in [-0.15, -0.1) is 11.6 Å². The summed E-state index contributed by atoms with van der Waals surface area (Å²) in [7, 11) is 0. The number of hydrogen-bond donors (Lipinski definition) is 1. The van der Waals surface area contributed by atoms with Crippen LogP contribution in [0.15, 0.2) is 18.2 Å². The average Bonchev–Trinajstić information content (AvgIpc) is 2.66. The molecular formula is C9H8ClNO3. The van der Waals surface area contributed by atoms with Gasteiger partial charge in [0.25, 0.3) is 0 Å². The van der Waals surface area contributed by atoms with Crippen LogP contribution in [0.25, 0.3) is 0 Å². The molecule has 1 aliphatic rings. The minimum absolute atomic E-state index is 0.0788. The quantitative estimate of drug-likeness (QED) is 0.759. The van der Waals surface area contributed by atoms with Crippen LogP contribution in [0.4, 0.5) is 5.69 Å². The van der Waals surface area contributed by atoms with E-state index in [0.717, 1.165) is 0 Å². The molecule has 0 saturated carbocycles. The van der Waals surface area contributed by atoms with Crippen molar-refractivity contribution in [1.29, 1.82) is 0 Å². The number of rotatable bonds is 2. The van der Waals surface area contributed by atoms with Crippen molar-refractivity contribution in [3.05, 3.63) is 18.2 Å². The standard InChI is InChI=1S/C9H8ClNO3/c10-4-8(12)11-6-2-1-3-7-9(6)14-5-13-7/h1-3H,4-5H2,(H,11,12). The van der Waals surface area contributed by atoms with Crippen LogP contribution < -0.4 is 14.8 Å². The van der Waals surface area contributed by atoms with Crippen LogP contribution in [0.2, 0.25) is 0 Å². The highest BCUT2D eigenvalue weighted by Gasteiger charge is 2.17. The normalized spacial score (nSPS) is 12.6. The SMILES string of the molecule is O=C(CCl)Nc1cccc2c1OCO2. The topological polar surface area (TPSA) is 47.6 Å². The van der Waals surface area contributed by atoms with Crippen LogP contribution in [-0.4, -0.2) is 18.6 Å². The molecule has 0 aliphatic carbocycles. The Bertz CT molecular complexity index is 367. The molecule has 4 nitrogen and oxygen atoms in total. The Balaban J connectivity index is 2.26. The highest BCUT2D eigenvalue weighted by Crippen LogP contribution is 2.38. The lowest BCUT2D eigenvalue weighted by atomic mass is 10.2. The second-order valence-electron chi connectivity index (χ2n) is 2.72. The molecule has 0 radical (unpaired) electrons.